The van der Waals surface area contributed by atoms with E-state index >= 15 is 0 Å². The lowest BCUT2D eigenvalue weighted by molar-refractivity contribution is -0.122. The van der Waals surface area contributed by atoms with E-state index in [1.165, 1.54) is 0 Å². The third-order valence-electron chi connectivity index (χ3n) is 3.53. The van der Waals surface area contributed by atoms with Crippen LogP contribution in [0.5, 0.6) is 0 Å². The highest BCUT2D eigenvalue weighted by molar-refractivity contribution is 9.10. The number of halogens is 1. The summed E-state index contributed by atoms with van der Waals surface area (Å²) in [7, 11) is 0. The van der Waals surface area contributed by atoms with Gasteiger partial charge in [-0.2, -0.15) is 0 Å². The molecule has 1 atom stereocenters. The fraction of sp³-hybridized carbons (Fsp3) is 0.235. The number of hydrogen-bond donors (Lipinski definition) is 2. The highest BCUT2D eigenvalue weighted by Crippen LogP contribution is 2.28. The molecule has 0 fully saturated rings. The average Bonchev–Trinajstić information content (AvgIpc) is 2.40. The normalized spacial score (nSPS) is 13.5. The Morgan fingerprint density at radius 2 is 1.62 bits per heavy atom. The Hall–Kier alpha value is -1.81. The summed E-state index contributed by atoms with van der Waals surface area (Å²) >= 11 is 3.40. The van der Waals surface area contributed by atoms with Gasteiger partial charge < -0.3 is 11.1 Å². The molecule has 4 heteroatoms. The minimum Gasteiger partial charge on any atom is -0.368 e. The van der Waals surface area contributed by atoms with E-state index in [0.29, 0.717) is 0 Å². The number of nitrogens with two attached hydrogens (primary N) is 1. The Morgan fingerprint density at radius 3 is 2.10 bits per heavy atom. The molecule has 110 valence electrons. The van der Waals surface area contributed by atoms with E-state index in [1.807, 2.05) is 57.2 Å². The van der Waals surface area contributed by atoms with Gasteiger partial charge in [0.1, 0.15) is 5.54 Å². The van der Waals surface area contributed by atoms with Crippen molar-refractivity contribution < 1.29 is 4.79 Å². The van der Waals surface area contributed by atoms with Gasteiger partial charge in [-0.3, -0.25) is 4.79 Å². The first kappa shape index (κ1) is 15.6. The van der Waals surface area contributed by atoms with Crippen LogP contribution in [0.1, 0.15) is 23.6 Å². The van der Waals surface area contributed by atoms with Crippen LogP contribution in [0.15, 0.2) is 46.9 Å². The lowest BCUT2D eigenvalue weighted by Crippen LogP contribution is -2.45. The van der Waals surface area contributed by atoms with Crippen LogP contribution in [0.25, 0.3) is 0 Å². The maximum Gasteiger partial charge on any atom is 0.247 e. The number of aryl methyl sites for hydroxylation is 2. The average molecular weight is 347 g/mol. The number of amides is 1. The molecule has 0 aromatic heterocycles. The number of anilines is 1. The summed E-state index contributed by atoms with van der Waals surface area (Å²) in [6, 6.07) is 13.7. The van der Waals surface area contributed by atoms with Crippen LogP contribution in [-0.2, 0) is 10.3 Å². The molecule has 3 nitrogen and oxygen atoms in total. The van der Waals surface area contributed by atoms with Crippen LogP contribution in [-0.4, -0.2) is 5.91 Å². The predicted octanol–water partition coefficient (Wildman–Crippen LogP) is 3.88. The van der Waals surface area contributed by atoms with Crippen molar-refractivity contribution in [1.29, 1.82) is 0 Å². The summed E-state index contributed by atoms with van der Waals surface area (Å²) in [6.45, 7) is 5.83. The lowest BCUT2D eigenvalue weighted by Gasteiger charge is -2.30. The van der Waals surface area contributed by atoms with Gasteiger partial charge in [0, 0.05) is 10.2 Å². The van der Waals surface area contributed by atoms with Gasteiger partial charge in [-0.1, -0.05) is 45.3 Å². The number of carbonyl (C=O) groups is 1. The van der Waals surface area contributed by atoms with Gasteiger partial charge >= 0.3 is 0 Å². The number of nitrogens with one attached hydrogen (secondary N) is 1. The van der Waals surface area contributed by atoms with E-state index in [0.717, 1.165) is 26.9 Å². The van der Waals surface area contributed by atoms with Crippen molar-refractivity contribution in [3.8, 4) is 0 Å². The third-order valence-corrected chi connectivity index (χ3v) is 4.06. The summed E-state index contributed by atoms with van der Waals surface area (Å²) < 4.78 is 0.986. The number of rotatable bonds is 4. The van der Waals surface area contributed by atoms with Gasteiger partial charge in [0.25, 0.3) is 0 Å². The van der Waals surface area contributed by atoms with Crippen molar-refractivity contribution in [2.45, 2.75) is 26.3 Å². The zero-order valence-electron chi connectivity index (χ0n) is 12.4. The molecule has 0 aliphatic carbocycles. The van der Waals surface area contributed by atoms with Crippen molar-refractivity contribution in [1.82, 2.24) is 0 Å². The van der Waals surface area contributed by atoms with Gasteiger partial charge in [0.05, 0.1) is 0 Å². The maximum atomic E-state index is 12.1. The molecule has 0 saturated heterocycles. The quantitative estimate of drug-likeness (QED) is 0.882. The van der Waals surface area contributed by atoms with E-state index in [-0.39, 0.29) is 0 Å². The minimum atomic E-state index is -0.954. The molecule has 1 unspecified atom stereocenters. The molecular weight excluding hydrogens is 328 g/mol. The summed E-state index contributed by atoms with van der Waals surface area (Å²) in [5.41, 5.74) is 8.65. The molecule has 0 heterocycles. The van der Waals surface area contributed by atoms with Crippen LogP contribution in [0, 0.1) is 13.8 Å². The molecule has 2 aromatic carbocycles. The van der Waals surface area contributed by atoms with E-state index in [9.17, 15) is 4.79 Å². The number of primary amides is 1. The van der Waals surface area contributed by atoms with Crippen LogP contribution in [0.4, 0.5) is 5.69 Å². The highest BCUT2D eigenvalue weighted by Gasteiger charge is 2.33. The topological polar surface area (TPSA) is 55.1 Å². The molecule has 0 bridgehead atoms. The molecule has 0 aliphatic rings. The Labute approximate surface area is 133 Å². The van der Waals surface area contributed by atoms with Crippen LogP contribution >= 0.6 is 15.9 Å². The smallest absolute Gasteiger partial charge is 0.247 e. The predicted molar refractivity (Wildman–Crippen MR) is 90.2 cm³/mol. The first-order valence-corrected chi connectivity index (χ1v) is 7.53. The summed E-state index contributed by atoms with van der Waals surface area (Å²) in [5, 5.41) is 3.26. The van der Waals surface area contributed by atoms with E-state index in [2.05, 4.69) is 27.3 Å². The van der Waals surface area contributed by atoms with Gasteiger partial charge in [0.15, 0.2) is 0 Å². The zero-order valence-corrected chi connectivity index (χ0v) is 14.0. The zero-order chi connectivity index (χ0) is 15.6. The van der Waals surface area contributed by atoms with Gasteiger partial charge in [-0.05, 0) is 50.6 Å². The molecule has 1 amide bonds. The molecular formula is C17H19BrN2O. The molecule has 0 aliphatic heterocycles. The fourth-order valence-electron chi connectivity index (χ4n) is 2.36. The van der Waals surface area contributed by atoms with Crippen LogP contribution < -0.4 is 11.1 Å². The first-order chi connectivity index (χ1) is 9.81. The monoisotopic (exact) mass is 346 g/mol. The molecule has 21 heavy (non-hydrogen) atoms. The maximum absolute atomic E-state index is 12.1. The summed E-state index contributed by atoms with van der Waals surface area (Å²) in [6.07, 6.45) is 0. The van der Waals surface area contributed by atoms with Gasteiger partial charge in [-0.25, -0.2) is 0 Å². The van der Waals surface area contributed by atoms with E-state index in [4.69, 9.17) is 5.73 Å². The Balaban J connectivity index is 2.44. The molecule has 3 N–H and O–H groups in total. The Kier molecular flexibility index (Phi) is 4.37. The van der Waals surface area contributed by atoms with Crippen LogP contribution in [0.2, 0.25) is 0 Å². The Bertz CT molecular complexity index is 647. The Morgan fingerprint density at radius 1 is 1.10 bits per heavy atom. The second-order valence-electron chi connectivity index (χ2n) is 5.50. The van der Waals surface area contributed by atoms with Gasteiger partial charge in [0.2, 0.25) is 5.91 Å². The number of carbonyl (C=O) groups excluding carboxylic acids is 1. The summed E-state index contributed by atoms with van der Waals surface area (Å²) in [4.78, 5) is 12.1. The van der Waals surface area contributed by atoms with Crippen molar-refractivity contribution in [3.63, 3.8) is 0 Å². The van der Waals surface area contributed by atoms with Crippen LogP contribution in [0.3, 0.4) is 0 Å². The van der Waals surface area contributed by atoms with Crippen molar-refractivity contribution >= 4 is 27.5 Å². The summed E-state index contributed by atoms with van der Waals surface area (Å²) in [5.74, 6) is -0.407. The second kappa shape index (κ2) is 5.90. The van der Waals surface area contributed by atoms with Crippen molar-refractivity contribution in [3.05, 3.63) is 63.6 Å². The first-order valence-electron chi connectivity index (χ1n) is 6.74. The standard InChI is InChI=1S/C17H19BrN2O/c1-11-8-12(2)10-13(9-11)17(3,16(19)21)20-15-6-4-14(18)5-7-15/h4-10,20H,1-3H3,(H2,19,21). The molecule has 0 spiro atoms. The number of benzene rings is 2. The highest BCUT2D eigenvalue weighted by atomic mass is 79.9. The van der Waals surface area contributed by atoms with Crippen molar-refractivity contribution in [2.75, 3.05) is 5.32 Å². The SMILES string of the molecule is Cc1cc(C)cc(C(C)(Nc2ccc(Br)cc2)C(N)=O)c1. The van der Waals surface area contributed by atoms with Gasteiger partial charge in [-0.15, -0.1) is 0 Å². The fourth-order valence-corrected chi connectivity index (χ4v) is 2.63. The largest absolute Gasteiger partial charge is 0.368 e. The van der Waals surface area contributed by atoms with Crippen molar-refractivity contribution in [2.24, 2.45) is 5.73 Å². The minimum absolute atomic E-state index is 0.407. The second-order valence-corrected chi connectivity index (χ2v) is 6.41. The molecule has 0 saturated carbocycles. The molecule has 0 radical (unpaired) electrons. The van der Waals surface area contributed by atoms with E-state index < -0.39 is 11.4 Å². The van der Waals surface area contributed by atoms with E-state index in [1.54, 1.807) is 0 Å². The lowest BCUT2D eigenvalue weighted by atomic mass is 9.88. The molecule has 2 aromatic rings. The third kappa shape index (κ3) is 3.45. The molecule has 2 rings (SSSR count). The number of hydrogen-bond acceptors (Lipinski definition) is 2.